The smallest absolute Gasteiger partial charge is 0.306 e. The molecule has 3 unspecified atom stereocenters. The number of carbonyl (C=O) groups is 1. The Hall–Kier alpha value is -1.51. The molecule has 0 heterocycles. The quantitative estimate of drug-likeness (QED) is 0.905. The summed E-state index contributed by atoms with van der Waals surface area (Å²) in [5.41, 5.74) is 2.32. The highest BCUT2D eigenvalue weighted by Gasteiger charge is 2.33. The Kier molecular flexibility index (Phi) is 4.13. The first kappa shape index (κ1) is 13.9. The molecule has 1 saturated carbocycles. The number of carboxylic acid groups (broad SMARTS) is 1. The van der Waals surface area contributed by atoms with Crippen LogP contribution in [0.3, 0.4) is 0 Å². The summed E-state index contributed by atoms with van der Waals surface area (Å²) in [4.78, 5) is 11.2. The maximum atomic E-state index is 11.2. The van der Waals surface area contributed by atoms with Gasteiger partial charge in [0.25, 0.3) is 0 Å². The molecule has 0 radical (unpaired) electrons. The third kappa shape index (κ3) is 2.91. The highest BCUT2D eigenvalue weighted by molar-refractivity contribution is 5.70. The number of benzene rings is 1. The van der Waals surface area contributed by atoms with Crippen molar-refractivity contribution in [3.05, 3.63) is 29.3 Å². The lowest BCUT2D eigenvalue weighted by Gasteiger charge is -2.33. The number of rotatable bonds is 3. The van der Waals surface area contributed by atoms with E-state index in [4.69, 9.17) is 4.74 Å². The highest BCUT2D eigenvalue weighted by atomic mass is 16.5. The van der Waals surface area contributed by atoms with E-state index in [1.54, 1.807) is 7.11 Å². The minimum absolute atomic E-state index is 0.216. The van der Waals surface area contributed by atoms with E-state index in [1.807, 2.05) is 13.0 Å². The highest BCUT2D eigenvalue weighted by Crippen LogP contribution is 2.43. The summed E-state index contributed by atoms with van der Waals surface area (Å²) < 4.78 is 5.48. The first-order valence-electron chi connectivity index (χ1n) is 6.90. The van der Waals surface area contributed by atoms with E-state index in [1.165, 1.54) is 5.56 Å². The molecule has 2 rings (SSSR count). The average molecular weight is 262 g/mol. The van der Waals surface area contributed by atoms with E-state index in [-0.39, 0.29) is 11.8 Å². The van der Waals surface area contributed by atoms with Crippen LogP contribution in [0.5, 0.6) is 5.75 Å². The first-order chi connectivity index (χ1) is 9.02. The van der Waals surface area contributed by atoms with Crippen LogP contribution in [-0.4, -0.2) is 18.2 Å². The van der Waals surface area contributed by atoms with Gasteiger partial charge in [0.05, 0.1) is 13.0 Å². The number of hydrogen-bond acceptors (Lipinski definition) is 2. The predicted octanol–water partition coefficient (Wildman–Crippen LogP) is 3.61. The molecule has 0 saturated heterocycles. The van der Waals surface area contributed by atoms with Crippen molar-refractivity contribution in [2.75, 3.05) is 7.11 Å². The number of hydrogen-bond donors (Lipinski definition) is 1. The fraction of sp³-hybridized carbons (Fsp3) is 0.562. The van der Waals surface area contributed by atoms with E-state index in [0.29, 0.717) is 5.92 Å². The second-order valence-electron chi connectivity index (χ2n) is 5.68. The lowest BCUT2D eigenvalue weighted by atomic mass is 9.71. The maximum Gasteiger partial charge on any atom is 0.306 e. The van der Waals surface area contributed by atoms with Crippen molar-refractivity contribution in [1.29, 1.82) is 0 Å². The lowest BCUT2D eigenvalue weighted by molar-refractivity contribution is -0.143. The van der Waals surface area contributed by atoms with Gasteiger partial charge in [0.15, 0.2) is 0 Å². The average Bonchev–Trinajstić information content (AvgIpc) is 2.39. The Morgan fingerprint density at radius 3 is 2.74 bits per heavy atom. The summed E-state index contributed by atoms with van der Waals surface area (Å²) in [6.45, 7) is 4.25. The van der Waals surface area contributed by atoms with E-state index < -0.39 is 5.97 Å². The summed E-state index contributed by atoms with van der Waals surface area (Å²) >= 11 is 0. The van der Waals surface area contributed by atoms with Gasteiger partial charge in [0.2, 0.25) is 0 Å². The zero-order chi connectivity index (χ0) is 14.0. The number of carboxylic acids is 1. The van der Waals surface area contributed by atoms with Gasteiger partial charge in [-0.15, -0.1) is 0 Å². The molecule has 0 aromatic heterocycles. The SMILES string of the molecule is COc1cc(C)ccc1C1CC(C(=O)O)CCC1C. The molecule has 19 heavy (non-hydrogen) atoms. The Labute approximate surface area is 114 Å². The van der Waals surface area contributed by atoms with Crippen molar-refractivity contribution in [1.82, 2.24) is 0 Å². The number of aryl methyl sites for hydroxylation is 1. The molecule has 0 amide bonds. The van der Waals surface area contributed by atoms with Crippen molar-refractivity contribution in [2.45, 2.75) is 39.0 Å². The molecule has 1 aromatic carbocycles. The van der Waals surface area contributed by atoms with E-state index in [0.717, 1.165) is 30.6 Å². The van der Waals surface area contributed by atoms with Gasteiger partial charge in [-0.1, -0.05) is 19.1 Å². The molecule has 3 nitrogen and oxygen atoms in total. The van der Waals surface area contributed by atoms with Crippen molar-refractivity contribution in [2.24, 2.45) is 11.8 Å². The summed E-state index contributed by atoms with van der Waals surface area (Å²) in [5.74, 6) is 0.802. The fourth-order valence-corrected chi connectivity index (χ4v) is 3.10. The van der Waals surface area contributed by atoms with Crippen LogP contribution < -0.4 is 4.74 Å². The van der Waals surface area contributed by atoms with Gasteiger partial charge in [-0.3, -0.25) is 4.79 Å². The van der Waals surface area contributed by atoms with Crippen LogP contribution in [0.15, 0.2) is 18.2 Å². The number of aliphatic carboxylic acids is 1. The van der Waals surface area contributed by atoms with E-state index in [9.17, 15) is 9.90 Å². The van der Waals surface area contributed by atoms with Gasteiger partial charge in [0, 0.05) is 0 Å². The summed E-state index contributed by atoms with van der Waals surface area (Å²) in [6.07, 6.45) is 2.48. The van der Waals surface area contributed by atoms with Gasteiger partial charge in [0.1, 0.15) is 5.75 Å². The Balaban J connectivity index is 2.30. The molecule has 1 aliphatic rings. The van der Waals surface area contributed by atoms with Crippen LogP contribution in [0.25, 0.3) is 0 Å². The lowest BCUT2D eigenvalue weighted by Crippen LogP contribution is -2.26. The fourth-order valence-electron chi connectivity index (χ4n) is 3.10. The second-order valence-corrected chi connectivity index (χ2v) is 5.68. The number of methoxy groups -OCH3 is 1. The molecule has 1 aromatic rings. The van der Waals surface area contributed by atoms with Gasteiger partial charge in [-0.2, -0.15) is 0 Å². The third-order valence-corrected chi connectivity index (χ3v) is 4.33. The van der Waals surface area contributed by atoms with Crippen LogP contribution in [0, 0.1) is 18.8 Å². The van der Waals surface area contributed by atoms with Crippen LogP contribution in [-0.2, 0) is 4.79 Å². The minimum atomic E-state index is -0.664. The van der Waals surface area contributed by atoms with Gasteiger partial charge >= 0.3 is 5.97 Å². The largest absolute Gasteiger partial charge is 0.496 e. The molecule has 104 valence electrons. The first-order valence-corrected chi connectivity index (χ1v) is 6.90. The molecular formula is C16H22O3. The number of ether oxygens (including phenoxy) is 1. The molecule has 3 atom stereocenters. The van der Waals surface area contributed by atoms with Crippen molar-refractivity contribution in [3.63, 3.8) is 0 Å². The second kappa shape index (κ2) is 5.64. The Bertz CT molecular complexity index is 467. The minimum Gasteiger partial charge on any atom is -0.496 e. The third-order valence-electron chi connectivity index (χ3n) is 4.33. The zero-order valence-electron chi connectivity index (χ0n) is 11.8. The van der Waals surface area contributed by atoms with E-state index >= 15 is 0 Å². The summed E-state index contributed by atoms with van der Waals surface area (Å²) in [6, 6.07) is 6.21. The summed E-state index contributed by atoms with van der Waals surface area (Å²) in [7, 11) is 1.68. The van der Waals surface area contributed by atoms with Crippen LogP contribution in [0.4, 0.5) is 0 Å². The Morgan fingerprint density at radius 1 is 1.37 bits per heavy atom. The van der Waals surface area contributed by atoms with E-state index in [2.05, 4.69) is 19.1 Å². The van der Waals surface area contributed by atoms with Gasteiger partial charge in [-0.25, -0.2) is 0 Å². The monoisotopic (exact) mass is 262 g/mol. The summed E-state index contributed by atoms with van der Waals surface area (Å²) in [5, 5.41) is 9.23. The van der Waals surface area contributed by atoms with Crippen LogP contribution in [0.1, 0.15) is 43.2 Å². The topological polar surface area (TPSA) is 46.5 Å². The molecule has 1 fully saturated rings. The molecule has 0 bridgehead atoms. The van der Waals surface area contributed by atoms with Crippen molar-refractivity contribution >= 4 is 5.97 Å². The molecule has 1 N–H and O–H groups in total. The normalized spacial score (nSPS) is 27.0. The van der Waals surface area contributed by atoms with Gasteiger partial charge < -0.3 is 9.84 Å². The molecule has 3 heteroatoms. The zero-order valence-corrected chi connectivity index (χ0v) is 11.8. The standard InChI is InChI=1S/C16H22O3/c1-10-4-7-13(15(8-10)19-3)14-9-12(16(17)18)6-5-11(14)2/h4,7-8,11-12,14H,5-6,9H2,1-3H3,(H,17,18). The molecule has 1 aliphatic carbocycles. The molecule has 0 aliphatic heterocycles. The molecule has 0 spiro atoms. The maximum absolute atomic E-state index is 11.2. The van der Waals surface area contributed by atoms with Crippen molar-refractivity contribution < 1.29 is 14.6 Å². The predicted molar refractivity (Wildman–Crippen MR) is 74.6 cm³/mol. The van der Waals surface area contributed by atoms with Gasteiger partial charge in [-0.05, 0) is 55.2 Å². The van der Waals surface area contributed by atoms with Crippen LogP contribution >= 0.6 is 0 Å². The molecular weight excluding hydrogens is 240 g/mol. The Morgan fingerprint density at radius 2 is 2.11 bits per heavy atom. The van der Waals surface area contributed by atoms with Crippen LogP contribution in [0.2, 0.25) is 0 Å². The van der Waals surface area contributed by atoms with Crippen molar-refractivity contribution in [3.8, 4) is 5.75 Å².